The molecule has 0 atom stereocenters. The molecule has 38 heavy (non-hydrogen) atoms. The van der Waals surface area contributed by atoms with E-state index in [-0.39, 0.29) is 18.2 Å². The summed E-state index contributed by atoms with van der Waals surface area (Å²) in [5.74, 6) is 1.65. The van der Waals surface area contributed by atoms with Crippen LogP contribution in [0.4, 0.5) is 11.6 Å². The number of benzene rings is 2. The van der Waals surface area contributed by atoms with E-state index in [0.717, 1.165) is 27.6 Å². The lowest BCUT2D eigenvalue weighted by molar-refractivity contribution is -0.120. The van der Waals surface area contributed by atoms with E-state index >= 15 is 0 Å². The Hall–Kier alpha value is -4.24. The summed E-state index contributed by atoms with van der Waals surface area (Å²) in [4.78, 5) is 37.4. The molecule has 4 N–H and O–H groups in total. The van der Waals surface area contributed by atoms with E-state index in [1.165, 1.54) is 6.92 Å². The zero-order chi connectivity index (χ0) is 26.9. The molecule has 9 nitrogen and oxygen atoms in total. The van der Waals surface area contributed by atoms with Gasteiger partial charge in [0.05, 0.1) is 12.1 Å². The first-order chi connectivity index (χ1) is 18.4. The van der Waals surface area contributed by atoms with Crippen molar-refractivity contribution in [1.82, 2.24) is 25.6 Å². The third-order valence-electron chi connectivity index (χ3n) is 5.81. The number of hydrogen-bond acceptors (Lipinski definition) is 7. The summed E-state index contributed by atoms with van der Waals surface area (Å²) in [6.45, 7) is 5.26. The first kappa shape index (κ1) is 26.8. The minimum absolute atomic E-state index is 0.0890. The number of carbonyl (C=O) groups excluding carboxylic acids is 2. The highest BCUT2D eigenvalue weighted by atomic mass is 35.5. The van der Waals surface area contributed by atoms with E-state index in [4.69, 9.17) is 16.6 Å². The Morgan fingerprint density at radius 3 is 2.13 bits per heavy atom. The quantitative estimate of drug-likeness (QED) is 0.216. The number of fused-ring (bicyclic) bond motifs is 1. The van der Waals surface area contributed by atoms with Crippen LogP contribution < -0.4 is 21.3 Å². The normalized spacial score (nSPS) is 10.7. The van der Waals surface area contributed by atoms with Crippen molar-refractivity contribution in [3.8, 4) is 11.4 Å². The molecule has 196 valence electrons. The fourth-order valence-corrected chi connectivity index (χ4v) is 3.97. The number of nitrogens with zero attached hydrogens (tertiary/aromatic N) is 3. The van der Waals surface area contributed by atoms with Crippen LogP contribution in [0.15, 0.2) is 60.8 Å². The lowest BCUT2D eigenvalue weighted by Crippen LogP contribution is -2.30. The molecule has 0 saturated heterocycles. The monoisotopic (exact) mass is 531 g/mol. The Morgan fingerprint density at radius 1 is 0.842 bits per heavy atom. The number of amides is 2. The molecule has 2 aromatic carbocycles. The van der Waals surface area contributed by atoms with E-state index in [2.05, 4.69) is 31.2 Å². The molecular weight excluding hydrogens is 502 g/mol. The van der Waals surface area contributed by atoms with Crippen LogP contribution in [-0.4, -0.2) is 52.9 Å². The number of carbonyl (C=O) groups is 2. The number of anilines is 2. The summed E-state index contributed by atoms with van der Waals surface area (Å²) in [5.41, 5.74) is 2.37. The second kappa shape index (κ2) is 12.8. The molecule has 4 aromatic rings. The Bertz CT molecular complexity index is 1430. The summed E-state index contributed by atoms with van der Waals surface area (Å²) in [6.07, 6.45) is 2.00. The lowest BCUT2D eigenvalue weighted by atomic mass is 10.1. The van der Waals surface area contributed by atoms with Gasteiger partial charge in [-0.2, -0.15) is 0 Å². The Kier molecular flexibility index (Phi) is 9.05. The highest BCUT2D eigenvalue weighted by Crippen LogP contribution is 2.26. The van der Waals surface area contributed by atoms with Gasteiger partial charge >= 0.3 is 0 Å². The Morgan fingerprint density at radius 2 is 1.47 bits per heavy atom. The van der Waals surface area contributed by atoms with Crippen LogP contribution in [0.5, 0.6) is 0 Å². The minimum Gasteiger partial charge on any atom is -0.368 e. The second-order valence-electron chi connectivity index (χ2n) is 8.76. The maximum absolute atomic E-state index is 12.5. The van der Waals surface area contributed by atoms with Crippen LogP contribution in [0.3, 0.4) is 0 Å². The number of halogens is 1. The largest absolute Gasteiger partial charge is 0.368 e. The summed E-state index contributed by atoms with van der Waals surface area (Å²) >= 11 is 6.05. The number of hydrogen-bond donors (Lipinski definition) is 4. The molecule has 0 aliphatic rings. The molecular formula is C28H30ClN7O2. The summed E-state index contributed by atoms with van der Waals surface area (Å²) in [6, 6.07) is 17.2. The first-order valence-corrected chi connectivity index (χ1v) is 12.7. The topological polar surface area (TPSA) is 121 Å². The van der Waals surface area contributed by atoms with Crippen LogP contribution in [0, 0.1) is 6.92 Å². The van der Waals surface area contributed by atoms with E-state index in [9.17, 15) is 9.59 Å². The summed E-state index contributed by atoms with van der Waals surface area (Å²) in [7, 11) is 0. The zero-order valence-corrected chi connectivity index (χ0v) is 22.1. The van der Waals surface area contributed by atoms with Gasteiger partial charge in [0.15, 0.2) is 5.82 Å². The van der Waals surface area contributed by atoms with Crippen molar-refractivity contribution in [2.45, 2.75) is 20.3 Å². The van der Waals surface area contributed by atoms with Crippen molar-refractivity contribution in [3.63, 3.8) is 0 Å². The Balaban J connectivity index is 1.38. The third kappa shape index (κ3) is 7.39. The average Bonchev–Trinajstić information content (AvgIpc) is 2.91. The van der Waals surface area contributed by atoms with Crippen LogP contribution in [0.1, 0.15) is 18.2 Å². The molecule has 0 aliphatic carbocycles. The predicted octanol–water partition coefficient (Wildman–Crippen LogP) is 3.97. The fraction of sp³-hybridized carbons (Fsp3) is 0.250. The highest BCUT2D eigenvalue weighted by Gasteiger charge is 2.13. The van der Waals surface area contributed by atoms with E-state index in [1.807, 2.05) is 49.4 Å². The number of rotatable bonds is 11. The molecule has 0 spiro atoms. The van der Waals surface area contributed by atoms with Gasteiger partial charge in [0, 0.05) is 60.8 Å². The zero-order valence-electron chi connectivity index (χ0n) is 21.3. The van der Waals surface area contributed by atoms with Gasteiger partial charge in [0.1, 0.15) is 11.6 Å². The number of aromatic nitrogens is 3. The second-order valence-corrected chi connectivity index (χ2v) is 9.20. The van der Waals surface area contributed by atoms with Gasteiger partial charge in [-0.25, -0.2) is 9.97 Å². The van der Waals surface area contributed by atoms with Crippen LogP contribution in [-0.2, 0) is 16.0 Å². The van der Waals surface area contributed by atoms with Gasteiger partial charge in [-0.1, -0.05) is 35.9 Å². The van der Waals surface area contributed by atoms with Crippen molar-refractivity contribution in [1.29, 1.82) is 0 Å². The van der Waals surface area contributed by atoms with Gasteiger partial charge in [0.25, 0.3) is 0 Å². The molecule has 0 bridgehead atoms. The van der Waals surface area contributed by atoms with Crippen LogP contribution in [0.2, 0.25) is 5.02 Å². The smallest absolute Gasteiger partial charge is 0.226 e. The molecule has 2 heterocycles. The maximum Gasteiger partial charge on any atom is 0.226 e. The molecule has 4 rings (SSSR count). The maximum atomic E-state index is 12.5. The summed E-state index contributed by atoms with van der Waals surface area (Å²) < 4.78 is 0. The van der Waals surface area contributed by atoms with Gasteiger partial charge < -0.3 is 21.3 Å². The molecule has 2 amide bonds. The van der Waals surface area contributed by atoms with Gasteiger partial charge in [-0.05, 0) is 42.6 Å². The fourth-order valence-electron chi connectivity index (χ4n) is 3.84. The first-order valence-electron chi connectivity index (χ1n) is 12.4. The van der Waals surface area contributed by atoms with Crippen molar-refractivity contribution in [3.05, 3.63) is 77.1 Å². The standard InChI is InChI=1S/C28H30ClN7O2/c1-18-26(32-13-11-30-19(2)37)35-28(20-7-9-23(29)10-8-20)36-27(18)33-14-12-31-25(38)16-24-15-21-5-3-4-6-22(21)17-34-24/h3-10,15,17H,11-14,16H2,1-2H3,(H,30,37)(H,31,38)(H2,32,33,35,36). The number of nitrogens with one attached hydrogen (secondary N) is 4. The lowest BCUT2D eigenvalue weighted by Gasteiger charge is -2.16. The van der Waals surface area contributed by atoms with Gasteiger partial charge in [0.2, 0.25) is 11.8 Å². The molecule has 2 aromatic heterocycles. The molecule has 0 fully saturated rings. The summed E-state index contributed by atoms with van der Waals surface area (Å²) in [5, 5.41) is 15.0. The molecule has 0 radical (unpaired) electrons. The van der Waals surface area contributed by atoms with E-state index in [0.29, 0.717) is 48.7 Å². The van der Waals surface area contributed by atoms with Crippen molar-refractivity contribution >= 4 is 45.8 Å². The van der Waals surface area contributed by atoms with E-state index < -0.39 is 0 Å². The Labute approximate surface area is 226 Å². The van der Waals surface area contributed by atoms with E-state index in [1.54, 1.807) is 18.3 Å². The minimum atomic E-state index is -0.101. The number of pyridine rings is 1. The molecule has 0 unspecified atom stereocenters. The van der Waals surface area contributed by atoms with Crippen molar-refractivity contribution in [2.24, 2.45) is 0 Å². The molecule has 0 aliphatic heterocycles. The highest BCUT2D eigenvalue weighted by molar-refractivity contribution is 6.30. The van der Waals surface area contributed by atoms with Crippen molar-refractivity contribution < 1.29 is 9.59 Å². The van der Waals surface area contributed by atoms with Crippen LogP contribution >= 0.6 is 11.6 Å². The SMILES string of the molecule is CC(=O)NCCNc1nc(-c2ccc(Cl)cc2)nc(NCCNC(=O)Cc2cc3ccccc3cn2)c1C. The molecule has 10 heteroatoms. The average molecular weight is 532 g/mol. The third-order valence-corrected chi connectivity index (χ3v) is 6.06. The van der Waals surface area contributed by atoms with Gasteiger partial charge in [-0.15, -0.1) is 0 Å². The van der Waals surface area contributed by atoms with Crippen LogP contribution in [0.25, 0.3) is 22.2 Å². The molecule has 0 saturated carbocycles. The van der Waals surface area contributed by atoms with Gasteiger partial charge in [-0.3, -0.25) is 14.6 Å². The predicted molar refractivity (Wildman–Crippen MR) is 151 cm³/mol. The van der Waals surface area contributed by atoms with Crippen molar-refractivity contribution in [2.75, 3.05) is 36.8 Å².